The number of rotatable bonds is 8. The Kier molecular flexibility index (Phi) is 7.74. The molecule has 2 rings (SSSR count). The van der Waals surface area contributed by atoms with E-state index in [1.54, 1.807) is 6.07 Å². The van der Waals surface area contributed by atoms with Crippen LogP contribution in [0.4, 0.5) is 13.2 Å². The van der Waals surface area contributed by atoms with Crippen LogP contribution in [0.5, 0.6) is 0 Å². The fourth-order valence-corrected chi connectivity index (χ4v) is 3.62. The van der Waals surface area contributed by atoms with Gasteiger partial charge >= 0.3 is 5.51 Å². The number of alkyl halides is 3. The molecule has 0 aliphatic rings. The first-order valence-electron chi connectivity index (χ1n) is 8.77. The molecule has 0 saturated heterocycles. The maximum absolute atomic E-state index is 12.7. The Labute approximate surface area is 161 Å². The quantitative estimate of drug-likeness (QED) is 0.629. The molecule has 2 aromatic carbocycles. The molecule has 0 saturated carbocycles. The summed E-state index contributed by atoms with van der Waals surface area (Å²) in [6.07, 6.45) is 0. The van der Waals surface area contributed by atoms with Crippen molar-refractivity contribution in [1.82, 2.24) is 10.2 Å². The maximum atomic E-state index is 12.7. The van der Waals surface area contributed by atoms with Crippen molar-refractivity contribution in [1.29, 1.82) is 0 Å². The van der Waals surface area contributed by atoms with Crippen molar-refractivity contribution in [2.24, 2.45) is 0 Å². The van der Waals surface area contributed by atoms with E-state index in [2.05, 4.69) is 10.2 Å². The summed E-state index contributed by atoms with van der Waals surface area (Å²) in [7, 11) is 0. The third kappa shape index (κ3) is 6.29. The summed E-state index contributed by atoms with van der Waals surface area (Å²) in [6.45, 7) is 5.99. The van der Waals surface area contributed by atoms with Gasteiger partial charge in [-0.1, -0.05) is 56.3 Å². The van der Waals surface area contributed by atoms with E-state index in [1.807, 2.05) is 44.2 Å². The van der Waals surface area contributed by atoms with Crippen molar-refractivity contribution in [3.05, 3.63) is 65.7 Å². The largest absolute Gasteiger partial charge is 0.446 e. The monoisotopic (exact) mass is 396 g/mol. The molecular formula is C20H23F3N2OS. The van der Waals surface area contributed by atoms with E-state index in [0.29, 0.717) is 6.54 Å². The summed E-state index contributed by atoms with van der Waals surface area (Å²) < 4.78 is 38.2. The Hall–Kier alpha value is -1.99. The van der Waals surface area contributed by atoms with Crippen molar-refractivity contribution >= 4 is 17.7 Å². The van der Waals surface area contributed by atoms with E-state index < -0.39 is 11.4 Å². The van der Waals surface area contributed by atoms with Gasteiger partial charge in [-0.3, -0.25) is 9.69 Å². The molecule has 1 N–H and O–H groups in total. The summed E-state index contributed by atoms with van der Waals surface area (Å²) in [4.78, 5) is 14.7. The van der Waals surface area contributed by atoms with Crippen molar-refractivity contribution in [2.45, 2.75) is 30.3 Å². The van der Waals surface area contributed by atoms with E-state index in [4.69, 9.17) is 0 Å². The third-order valence-electron chi connectivity index (χ3n) is 4.25. The summed E-state index contributed by atoms with van der Waals surface area (Å²) >= 11 is -0.270. The minimum absolute atomic E-state index is 0.0335. The molecule has 0 bridgehead atoms. The van der Waals surface area contributed by atoms with Gasteiger partial charge in [0.05, 0.1) is 11.6 Å². The molecule has 0 aromatic heterocycles. The number of nitrogens with zero attached hydrogens (tertiary/aromatic N) is 1. The molecule has 27 heavy (non-hydrogen) atoms. The smallest absolute Gasteiger partial charge is 0.350 e. The van der Waals surface area contributed by atoms with Crippen LogP contribution < -0.4 is 5.32 Å². The van der Waals surface area contributed by atoms with Gasteiger partial charge in [0.15, 0.2) is 0 Å². The van der Waals surface area contributed by atoms with E-state index in [-0.39, 0.29) is 28.3 Å². The van der Waals surface area contributed by atoms with Crippen LogP contribution in [0, 0.1) is 0 Å². The zero-order valence-corrected chi connectivity index (χ0v) is 16.1. The highest BCUT2D eigenvalue weighted by Crippen LogP contribution is 2.38. The zero-order chi connectivity index (χ0) is 19.9. The minimum Gasteiger partial charge on any atom is -0.350 e. The minimum atomic E-state index is -4.44. The van der Waals surface area contributed by atoms with E-state index in [1.165, 1.54) is 18.2 Å². The van der Waals surface area contributed by atoms with Crippen LogP contribution in [0.3, 0.4) is 0 Å². The molecule has 0 radical (unpaired) electrons. The molecule has 0 aliphatic carbocycles. The predicted molar refractivity (Wildman–Crippen MR) is 103 cm³/mol. The fraction of sp³-hybridized carbons (Fsp3) is 0.350. The third-order valence-corrected chi connectivity index (χ3v) is 5.06. The number of carbonyl (C=O) groups is 1. The van der Waals surface area contributed by atoms with Gasteiger partial charge in [-0.25, -0.2) is 0 Å². The normalized spacial score (nSPS) is 12.8. The van der Waals surface area contributed by atoms with Crippen LogP contribution in [0.1, 0.15) is 35.8 Å². The SMILES string of the molecule is CCN(CC)C(CNC(=O)c1ccccc1SC(F)(F)F)c1ccccc1. The molecular weight excluding hydrogens is 373 g/mol. The standard InChI is InChI=1S/C20H23F3N2OS/c1-3-25(4-2)17(15-10-6-5-7-11-15)14-24-19(26)16-12-8-9-13-18(16)27-20(21,22)23/h5-13,17H,3-4,14H2,1-2H3,(H,24,26). The van der Waals surface area contributed by atoms with E-state index in [9.17, 15) is 18.0 Å². The molecule has 7 heteroatoms. The molecule has 146 valence electrons. The van der Waals surface area contributed by atoms with Crippen LogP contribution in [-0.2, 0) is 0 Å². The first-order valence-corrected chi connectivity index (χ1v) is 9.59. The van der Waals surface area contributed by atoms with Crippen LogP contribution in [0.15, 0.2) is 59.5 Å². The molecule has 1 amide bonds. The summed E-state index contributed by atoms with van der Waals surface area (Å²) in [5.74, 6) is -0.504. The molecule has 0 fully saturated rings. The number of amides is 1. The Bertz CT molecular complexity index is 734. The average Bonchev–Trinajstić information content (AvgIpc) is 2.64. The molecule has 0 aliphatic heterocycles. The highest BCUT2D eigenvalue weighted by molar-refractivity contribution is 8.00. The number of nitrogens with one attached hydrogen (secondary N) is 1. The second kappa shape index (κ2) is 9.80. The lowest BCUT2D eigenvalue weighted by Crippen LogP contribution is -2.38. The molecule has 0 spiro atoms. The van der Waals surface area contributed by atoms with E-state index >= 15 is 0 Å². The first kappa shape index (κ1) is 21.3. The molecule has 1 atom stereocenters. The lowest BCUT2D eigenvalue weighted by atomic mass is 10.0. The van der Waals surface area contributed by atoms with Gasteiger partial charge in [0.25, 0.3) is 5.91 Å². The van der Waals surface area contributed by atoms with E-state index in [0.717, 1.165) is 18.7 Å². The Morgan fingerprint density at radius 2 is 1.63 bits per heavy atom. The molecule has 1 unspecified atom stereocenters. The van der Waals surface area contributed by atoms with Gasteiger partial charge in [-0.2, -0.15) is 13.2 Å². The molecule has 0 heterocycles. The second-order valence-electron chi connectivity index (χ2n) is 5.90. The Morgan fingerprint density at radius 3 is 2.22 bits per heavy atom. The summed E-state index contributed by atoms with van der Waals surface area (Å²) in [5.41, 5.74) is -3.35. The van der Waals surface area contributed by atoms with Crippen LogP contribution in [0.25, 0.3) is 0 Å². The number of hydrogen-bond acceptors (Lipinski definition) is 3. The molecule has 2 aromatic rings. The number of benzene rings is 2. The first-order chi connectivity index (χ1) is 12.9. The Morgan fingerprint density at radius 1 is 1.04 bits per heavy atom. The van der Waals surface area contributed by atoms with Gasteiger partial charge < -0.3 is 5.32 Å². The van der Waals surface area contributed by atoms with Gasteiger partial charge in [-0.15, -0.1) is 0 Å². The van der Waals surface area contributed by atoms with Crippen LogP contribution in [0.2, 0.25) is 0 Å². The zero-order valence-electron chi connectivity index (χ0n) is 15.3. The van der Waals surface area contributed by atoms with Gasteiger partial charge in [0.1, 0.15) is 0 Å². The predicted octanol–water partition coefficient (Wildman–Crippen LogP) is 5.11. The Balaban J connectivity index is 2.17. The molecule has 3 nitrogen and oxygen atoms in total. The lowest BCUT2D eigenvalue weighted by molar-refractivity contribution is -0.0328. The topological polar surface area (TPSA) is 32.3 Å². The highest BCUT2D eigenvalue weighted by atomic mass is 32.2. The van der Waals surface area contributed by atoms with Crippen molar-refractivity contribution < 1.29 is 18.0 Å². The number of likely N-dealkylation sites (N-methyl/N-ethyl adjacent to an activating group) is 1. The highest BCUT2D eigenvalue weighted by Gasteiger charge is 2.31. The number of thioether (sulfide) groups is 1. The van der Waals surface area contributed by atoms with Gasteiger partial charge in [-0.05, 0) is 42.5 Å². The summed E-state index contributed by atoms with van der Waals surface area (Å²) in [6, 6.07) is 15.5. The lowest BCUT2D eigenvalue weighted by Gasteiger charge is -2.30. The number of carbonyl (C=O) groups excluding carboxylic acids is 1. The van der Waals surface area contributed by atoms with Crippen molar-refractivity contribution in [3.63, 3.8) is 0 Å². The number of hydrogen-bond donors (Lipinski definition) is 1. The van der Waals surface area contributed by atoms with Crippen LogP contribution in [-0.4, -0.2) is 35.9 Å². The van der Waals surface area contributed by atoms with Crippen molar-refractivity contribution in [3.8, 4) is 0 Å². The average molecular weight is 396 g/mol. The summed E-state index contributed by atoms with van der Waals surface area (Å²) in [5, 5.41) is 2.81. The number of halogens is 3. The van der Waals surface area contributed by atoms with Crippen molar-refractivity contribution in [2.75, 3.05) is 19.6 Å². The van der Waals surface area contributed by atoms with Gasteiger partial charge in [0, 0.05) is 11.4 Å². The fourth-order valence-electron chi connectivity index (χ4n) is 2.95. The van der Waals surface area contributed by atoms with Crippen LogP contribution >= 0.6 is 11.8 Å². The maximum Gasteiger partial charge on any atom is 0.446 e. The van der Waals surface area contributed by atoms with Gasteiger partial charge in [0.2, 0.25) is 0 Å². The second-order valence-corrected chi connectivity index (χ2v) is 7.01.